The molecule has 2 heterocycles. The molecule has 0 radical (unpaired) electrons. The lowest BCUT2D eigenvalue weighted by Crippen LogP contribution is -2.49. The maximum absolute atomic E-state index is 12.3. The number of nitrogens with zero attached hydrogens (tertiary/aromatic N) is 1. The van der Waals surface area contributed by atoms with E-state index in [4.69, 9.17) is 0 Å². The van der Waals surface area contributed by atoms with Gasteiger partial charge in [0.05, 0.1) is 12.6 Å². The first-order valence-electron chi connectivity index (χ1n) is 6.82. The van der Waals surface area contributed by atoms with Gasteiger partial charge in [0, 0.05) is 31.1 Å². The summed E-state index contributed by atoms with van der Waals surface area (Å²) in [4.78, 5) is 13.3. The maximum Gasteiger partial charge on any atom is 0.401 e. The minimum absolute atomic E-state index is 0.0357. The molecular formula is C12H20F3N3OS. The topological polar surface area (TPSA) is 44.4 Å². The summed E-state index contributed by atoms with van der Waals surface area (Å²) in [6.07, 6.45) is -3.43. The lowest BCUT2D eigenvalue weighted by Gasteiger charge is -2.23. The second kappa shape index (κ2) is 7.00. The van der Waals surface area contributed by atoms with Crippen molar-refractivity contribution in [3.8, 4) is 0 Å². The van der Waals surface area contributed by atoms with E-state index in [2.05, 4.69) is 10.6 Å². The Labute approximate surface area is 120 Å². The van der Waals surface area contributed by atoms with E-state index in [9.17, 15) is 18.0 Å². The number of amides is 1. The Morgan fingerprint density at radius 3 is 2.90 bits per heavy atom. The van der Waals surface area contributed by atoms with E-state index in [1.807, 2.05) is 0 Å². The van der Waals surface area contributed by atoms with E-state index in [-0.39, 0.29) is 17.9 Å². The van der Waals surface area contributed by atoms with Gasteiger partial charge >= 0.3 is 6.18 Å². The first-order valence-corrected chi connectivity index (χ1v) is 7.97. The molecule has 116 valence electrons. The minimum Gasteiger partial charge on any atom is -0.354 e. The number of nitrogens with one attached hydrogen (secondary N) is 2. The van der Waals surface area contributed by atoms with Crippen molar-refractivity contribution in [3.05, 3.63) is 0 Å². The summed E-state index contributed by atoms with van der Waals surface area (Å²) in [5.41, 5.74) is 0. The summed E-state index contributed by atoms with van der Waals surface area (Å²) >= 11 is 1.74. The number of hydrogen-bond donors (Lipinski definition) is 2. The molecule has 0 aromatic carbocycles. The summed E-state index contributed by atoms with van der Waals surface area (Å²) in [6.45, 7) is 1.31. The van der Waals surface area contributed by atoms with E-state index in [0.717, 1.165) is 18.1 Å². The van der Waals surface area contributed by atoms with Crippen molar-refractivity contribution in [3.63, 3.8) is 0 Å². The van der Waals surface area contributed by atoms with Crippen molar-refractivity contribution >= 4 is 17.7 Å². The zero-order valence-corrected chi connectivity index (χ0v) is 12.0. The third kappa shape index (κ3) is 5.14. The fraction of sp³-hybridized carbons (Fsp3) is 0.917. The van der Waals surface area contributed by atoms with Crippen LogP contribution in [0.15, 0.2) is 0 Å². The van der Waals surface area contributed by atoms with Crippen molar-refractivity contribution in [1.82, 2.24) is 15.5 Å². The molecule has 2 atom stereocenters. The van der Waals surface area contributed by atoms with E-state index < -0.39 is 12.7 Å². The molecule has 2 N–H and O–H groups in total. The van der Waals surface area contributed by atoms with Crippen molar-refractivity contribution in [2.45, 2.75) is 18.6 Å². The van der Waals surface area contributed by atoms with Gasteiger partial charge in [0.2, 0.25) is 5.91 Å². The Balaban J connectivity index is 1.66. The van der Waals surface area contributed by atoms with E-state index in [0.29, 0.717) is 26.1 Å². The Bertz CT molecular complexity index is 334. The van der Waals surface area contributed by atoms with Gasteiger partial charge in [-0.05, 0) is 18.9 Å². The molecule has 8 heteroatoms. The highest BCUT2D eigenvalue weighted by Gasteiger charge is 2.34. The molecular weight excluding hydrogens is 291 g/mol. The summed E-state index contributed by atoms with van der Waals surface area (Å²) in [5, 5.41) is 6.00. The predicted molar refractivity (Wildman–Crippen MR) is 72.7 cm³/mol. The lowest BCUT2D eigenvalue weighted by molar-refractivity contribution is -0.143. The smallest absolute Gasteiger partial charge is 0.354 e. The average Bonchev–Trinajstić information content (AvgIpc) is 2.82. The average molecular weight is 311 g/mol. The largest absolute Gasteiger partial charge is 0.401 e. The van der Waals surface area contributed by atoms with Crippen LogP contribution in [-0.4, -0.2) is 67.3 Å². The third-order valence-electron chi connectivity index (χ3n) is 3.58. The standard InChI is InChI=1S/C12H20F3N3OS/c13-12(14,15)8-18-3-1-9(6-18)5-17-11(19)10-7-20-4-2-16-10/h9-10,16H,1-8H2,(H,17,19). The molecule has 0 saturated carbocycles. The van der Waals surface area contributed by atoms with Gasteiger partial charge in [0.25, 0.3) is 0 Å². The van der Waals surface area contributed by atoms with Crippen LogP contribution in [0.3, 0.4) is 0 Å². The van der Waals surface area contributed by atoms with Crippen molar-refractivity contribution in [1.29, 1.82) is 0 Å². The van der Waals surface area contributed by atoms with Gasteiger partial charge in [-0.15, -0.1) is 0 Å². The second-order valence-electron chi connectivity index (χ2n) is 5.33. The summed E-state index contributed by atoms with van der Waals surface area (Å²) in [7, 11) is 0. The molecule has 0 aromatic rings. The summed E-state index contributed by atoms with van der Waals surface area (Å²) in [5.74, 6) is 1.86. The number of carbonyl (C=O) groups is 1. The molecule has 2 aliphatic rings. The van der Waals surface area contributed by atoms with Gasteiger partial charge in [-0.1, -0.05) is 0 Å². The van der Waals surface area contributed by atoms with Gasteiger partial charge < -0.3 is 10.6 Å². The first kappa shape index (κ1) is 15.9. The number of rotatable bonds is 4. The fourth-order valence-electron chi connectivity index (χ4n) is 2.58. The van der Waals surface area contributed by atoms with E-state index in [1.54, 1.807) is 11.8 Å². The Morgan fingerprint density at radius 2 is 2.25 bits per heavy atom. The molecule has 20 heavy (non-hydrogen) atoms. The Kier molecular flexibility index (Phi) is 5.57. The molecule has 0 bridgehead atoms. The molecule has 0 aliphatic carbocycles. The molecule has 0 spiro atoms. The van der Waals surface area contributed by atoms with Gasteiger partial charge in [-0.25, -0.2) is 0 Å². The zero-order chi connectivity index (χ0) is 14.6. The molecule has 0 aromatic heterocycles. The second-order valence-corrected chi connectivity index (χ2v) is 6.48. The van der Waals surface area contributed by atoms with Gasteiger partial charge in [-0.3, -0.25) is 9.69 Å². The predicted octanol–water partition coefficient (Wildman–Crippen LogP) is 0.692. The van der Waals surface area contributed by atoms with Crippen LogP contribution in [0.5, 0.6) is 0 Å². The van der Waals surface area contributed by atoms with Crippen LogP contribution in [0.1, 0.15) is 6.42 Å². The zero-order valence-electron chi connectivity index (χ0n) is 11.2. The quantitative estimate of drug-likeness (QED) is 0.802. The maximum atomic E-state index is 12.3. The van der Waals surface area contributed by atoms with Crippen molar-refractivity contribution < 1.29 is 18.0 Å². The van der Waals surface area contributed by atoms with Crippen LogP contribution in [-0.2, 0) is 4.79 Å². The van der Waals surface area contributed by atoms with Gasteiger partial charge in [0.15, 0.2) is 0 Å². The summed E-state index contributed by atoms with van der Waals surface area (Å²) in [6, 6.07) is -0.165. The Hall–Kier alpha value is -0.470. The minimum atomic E-state index is -4.14. The van der Waals surface area contributed by atoms with Gasteiger partial charge in [-0.2, -0.15) is 24.9 Å². The van der Waals surface area contributed by atoms with Crippen LogP contribution in [0.25, 0.3) is 0 Å². The monoisotopic (exact) mass is 311 g/mol. The number of carbonyl (C=O) groups excluding carboxylic acids is 1. The molecule has 4 nitrogen and oxygen atoms in total. The highest BCUT2D eigenvalue weighted by Crippen LogP contribution is 2.22. The molecule has 2 aliphatic heterocycles. The fourth-order valence-corrected chi connectivity index (χ4v) is 3.51. The van der Waals surface area contributed by atoms with Crippen LogP contribution < -0.4 is 10.6 Å². The van der Waals surface area contributed by atoms with Crippen molar-refractivity contribution in [2.75, 3.05) is 44.2 Å². The lowest BCUT2D eigenvalue weighted by atomic mass is 10.1. The summed E-state index contributed by atoms with van der Waals surface area (Å²) < 4.78 is 36.8. The highest BCUT2D eigenvalue weighted by atomic mass is 32.2. The van der Waals surface area contributed by atoms with E-state index >= 15 is 0 Å². The molecule has 1 amide bonds. The van der Waals surface area contributed by atoms with Crippen molar-refractivity contribution in [2.24, 2.45) is 5.92 Å². The molecule has 2 saturated heterocycles. The third-order valence-corrected chi connectivity index (χ3v) is 4.64. The van der Waals surface area contributed by atoms with Crippen LogP contribution in [0.2, 0.25) is 0 Å². The molecule has 2 fully saturated rings. The number of thioether (sulfide) groups is 1. The number of halogens is 3. The first-order chi connectivity index (χ1) is 9.44. The number of likely N-dealkylation sites (tertiary alicyclic amines) is 1. The van der Waals surface area contributed by atoms with Gasteiger partial charge in [0.1, 0.15) is 0 Å². The van der Waals surface area contributed by atoms with E-state index in [1.165, 1.54) is 4.90 Å². The Morgan fingerprint density at radius 1 is 1.45 bits per heavy atom. The highest BCUT2D eigenvalue weighted by molar-refractivity contribution is 7.99. The molecule has 2 unspecified atom stereocenters. The normalized spacial score (nSPS) is 28.6. The van der Waals surface area contributed by atoms with Crippen LogP contribution in [0.4, 0.5) is 13.2 Å². The molecule has 2 rings (SSSR count). The van der Waals surface area contributed by atoms with Crippen LogP contribution >= 0.6 is 11.8 Å². The number of alkyl halides is 3. The van der Waals surface area contributed by atoms with Crippen LogP contribution in [0, 0.1) is 5.92 Å². The number of hydrogen-bond acceptors (Lipinski definition) is 4. The SMILES string of the molecule is O=C(NCC1CCN(CC(F)(F)F)C1)C1CSCCN1.